The number of benzene rings is 2. The molecular weight excluding hydrogens is 530 g/mol. The maximum atomic E-state index is 13.8. The predicted molar refractivity (Wildman–Crippen MR) is 146 cm³/mol. The van der Waals surface area contributed by atoms with Gasteiger partial charge in [-0.25, -0.2) is 0 Å². The van der Waals surface area contributed by atoms with Crippen molar-refractivity contribution in [2.24, 2.45) is 5.16 Å². The molecule has 0 spiro atoms. The van der Waals surface area contributed by atoms with Crippen LogP contribution in [0.15, 0.2) is 41.6 Å². The molecule has 9 nitrogen and oxygen atoms in total. The summed E-state index contributed by atoms with van der Waals surface area (Å²) in [6.45, 7) is 7.63. The van der Waals surface area contributed by atoms with E-state index in [9.17, 15) is 16.8 Å². The third-order valence-corrected chi connectivity index (χ3v) is 11.9. The minimum atomic E-state index is -4.57. The molecule has 0 saturated carbocycles. The summed E-state index contributed by atoms with van der Waals surface area (Å²) in [5.74, 6) is 0.0620. The molecule has 0 bridgehead atoms. The van der Waals surface area contributed by atoms with Crippen molar-refractivity contribution >= 4 is 25.9 Å². The number of fused-ring (bicyclic) bond motifs is 1. The van der Waals surface area contributed by atoms with Gasteiger partial charge >= 0.3 is 20.2 Å². The molecule has 2 aromatic carbocycles. The number of nitrogens with zero attached hydrogens (tertiary/aromatic N) is 1. The highest BCUT2D eigenvalue weighted by atomic mass is 32.2. The van der Waals surface area contributed by atoms with Crippen LogP contribution in [0.4, 0.5) is 0 Å². The lowest BCUT2D eigenvalue weighted by Gasteiger charge is -2.39. The molecule has 1 atom stereocenters. The summed E-state index contributed by atoms with van der Waals surface area (Å²) >= 11 is 0. The first-order valence-electron chi connectivity index (χ1n) is 12.4. The minimum absolute atomic E-state index is 0.0620. The zero-order valence-electron chi connectivity index (χ0n) is 23.0. The van der Waals surface area contributed by atoms with Crippen LogP contribution < -0.4 is 4.18 Å². The number of oxime groups is 1. The first-order chi connectivity index (χ1) is 17.7. The van der Waals surface area contributed by atoms with E-state index in [1.165, 1.54) is 35.0 Å². The van der Waals surface area contributed by atoms with E-state index in [2.05, 4.69) is 5.16 Å². The quantitative estimate of drug-likeness (QED) is 0.269. The first-order valence-corrected chi connectivity index (χ1v) is 15.2. The van der Waals surface area contributed by atoms with Crippen molar-refractivity contribution in [3.8, 4) is 5.75 Å². The zero-order valence-corrected chi connectivity index (χ0v) is 24.7. The molecule has 0 aromatic heterocycles. The summed E-state index contributed by atoms with van der Waals surface area (Å²) in [7, 11) is -6.13. The Morgan fingerprint density at radius 1 is 0.895 bits per heavy atom. The molecule has 0 radical (unpaired) electrons. The Hall–Kier alpha value is -2.47. The third-order valence-electron chi connectivity index (χ3n) is 7.51. The molecule has 38 heavy (non-hydrogen) atoms. The van der Waals surface area contributed by atoms with E-state index < -0.39 is 29.7 Å². The van der Waals surface area contributed by atoms with Crippen LogP contribution in [0, 0.1) is 6.92 Å². The number of hydrogen-bond donors (Lipinski definition) is 0. The number of methoxy groups -OCH3 is 2. The van der Waals surface area contributed by atoms with E-state index in [1.807, 2.05) is 31.2 Å². The minimum Gasteiger partial charge on any atom is -0.381 e. The summed E-state index contributed by atoms with van der Waals surface area (Å²) in [5.41, 5.74) is 4.26. The lowest BCUT2D eigenvalue weighted by molar-refractivity contribution is 0.176. The van der Waals surface area contributed by atoms with Crippen molar-refractivity contribution in [2.75, 3.05) is 14.2 Å². The topological polar surface area (TPSA) is 118 Å². The number of ether oxygens (including phenoxy) is 2. The smallest absolute Gasteiger partial charge is 0.335 e. The van der Waals surface area contributed by atoms with Crippen molar-refractivity contribution in [1.82, 2.24) is 0 Å². The van der Waals surface area contributed by atoms with Crippen LogP contribution in [0.2, 0.25) is 0 Å². The molecule has 1 aliphatic rings. The van der Waals surface area contributed by atoms with Crippen LogP contribution in [0.3, 0.4) is 0 Å². The van der Waals surface area contributed by atoms with Crippen molar-refractivity contribution in [3.05, 3.63) is 64.2 Å². The standard InChI is InChI=1S/C27H37NO8S2/c1-8-27(5,38(31,32)36-28-24-14-13-20-11-9-10-12-23(20)24)26(3,4)37(29,30)35-25-21(17-33-6)15-19(2)16-22(25)18-34-7/h9-12,15-16H,8,13-14,17-18H2,1-7H3/b28-24+. The maximum absolute atomic E-state index is 13.8. The molecule has 0 aliphatic heterocycles. The van der Waals surface area contributed by atoms with E-state index in [0.717, 1.165) is 23.1 Å². The molecule has 0 amide bonds. The molecule has 210 valence electrons. The van der Waals surface area contributed by atoms with E-state index in [-0.39, 0.29) is 25.4 Å². The number of hydrogen-bond acceptors (Lipinski definition) is 9. The lowest BCUT2D eigenvalue weighted by atomic mass is 9.93. The Morgan fingerprint density at radius 2 is 1.47 bits per heavy atom. The average Bonchev–Trinajstić information content (AvgIpc) is 3.27. The molecule has 0 heterocycles. The summed E-state index contributed by atoms with van der Waals surface area (Å²) in [4.78, 5) is 0. The van der Waals surface area contributed by atoms with Gasteiger partial charge in [-0.2, -0.15) is 16.8 Å². The number of aryl methyl sites for hydroxylation is 2. The van der Waals surface area contributed by atoms with Crippen LogP contribution >= 0.6 is 0 Å². The van der Waals surface area contributed by atoms with Crippen LogP contribution in [0.5, 0.6) is 5.75 Å². The van der Waals surface area contributed by atoms with Crippen molar-refractivity contribution in [2.45, 2.75) is 76.6 Å². The van der Waals surface area contributed by atoms with Gasteiger partial charge in [0.25, 0.3) is 0 Å². The summed E-state index contributed by atoms with van der Waals surface area (Å²) < 4.78 is 72.4. The first kappa shape index (κ1) is 30.1. The number of rotatable bonds is 12. The van der Waals surface area contributed by atoms with Gasteiger partial charge in [-0.3, -0.25) is 4.28 Å². The molecule has 0 N–H and O–H groups in total. The molecule has 3 rings (SSSR count). The van der Waals surface area contributed by atoms with Crippen molar-refractivity contribution < 1.29 is 34.8 Å². The van der Waals surface area contributed by atoms with Gasteiger partial charge in [0, 0.05) is 30.9 Å². The van der Waals surface area contributed by atoms with Crippen LogP contribution in [-0.4, -0.2) is 46.3 Å². The second-order valence-electron chi connectivity index (χ2n) is 10.1. The maximum Gasteiger partial charge on any atom is 0.335 e. The fourth-order valence-electron chi connectivity index (χ4n) is 4.62. The summed E-state index contributed by atoms with van der Waals surface area (Å²) in [6.07, 6.45) is 1.18. The molecule has 2 aromatic rings. The van der Waals surface area contributed by atoms with Crippen LogP contribution in [0.1, 0.15) is 68.4 Å². The monoisotopic (exact) mass is 567 g/mol. The molecule has 1 unspecified atom stereocenters. The Labute approximate surface area is 226 Å². The largest absolute Gasteiger partial charge is 0.381 e. The van der Waals surface area contributed by atoms with Gasteiger partial charge in [0.1, 0.15) is 9.49 Å². The van der Waals surface area contributed by atoms with E-state index in [4.69, 9.17) is 17.9 Å². The van der Waals surface area contributed by atoms with Gasteiger partial charge in [0.15, 0.2) is 5.75 Å². The predicted octanol–water partition coefficient (Wildman–Crippen LogP) is 4.64. The van der Waals surface area contributed by atoms with Crippen molar-refractivity contribution in [3.63, 3.8) is 0 Å². The SMILES string of the molecule is CCC(C)(C(C)(C)S(=O)(=O)Oc1c(COC)cc(C)cc1COC)S(=O)(=O)O/N=C1\CCc2ccccc21. The van der Waals surface area contributed by atoms with Crippen molar-refractivity contribution in [1.29, 1.82) is 0 Å². The van der Waals surface area contributed by atoms with E-state index in [0.29, 0.717) is 23.3 Å². The Balaban J connectivity index is 2.00. The summed E-state index contributed by atoms with van der Waals surface area (Å²) in [6, 6.07) is 11.1. The Bertz CT molecular complexity index is 1390. The molecule has 1 aliphatic carbocycles. The fraction of sp³-hybridized carbons (Fsp3) is 0.519. The highest BCUT2D eigenvalue weighted by Gasteiger charge is 2.60. The van der Waals surface area contributed by atoms with Gasteiger partial charge in [0.05, 0.1) is 18.9 Å². The van der Waals surface area contributed by atoms with E-state index in [1.54, 1.807) is 19.1 Å². The van der Waals surface area contributed by atoms with Gasteiger partial charge in [-0.05, 0) is 64.7 Å². The average molecular weight is 568 g/mol. The second kappa shape index (κ2) is 11.3. The van der Waals surface area contributed by atoms with E-state index >= 15 is 0 Å². The van der Waals surface area contributed by atoms with Gasteiger partial charge < -0.3 is 13.7 Å². The Kier molecular flexibility index (Phi) is 8.97. The highest BCUT2D eigenvalue weighted by Crippen LogP contribution is 2.42. The van der Waals surface area contributed by atoms with Gasteiger partial charge in [-0.1, -0.05) is 41.9 Å². The summed E-state index contributed by atoms with van der Waals surface area (Å²) in [5, 5.41) is 3.98. The lowest BCUT2D eigenvalue weighted by Crippen LogP contribution is -2.58. The molecule has 11 heteroatoms. The van der Waals surface area contributed by atoms with Crippen LogP contribution in [-0.2, 0) is 53.6 Å². The fourth-order valence-corrected chi connectivity index (χ4v) is 7.86. The second-order valence-corrected chi connectivity index (χ2v) is 14.2. The molecular formula is C27H37NO8S2. The van der Waals surface area contributed by atoms with Crippen LogP contribution in [0.25, 0.3) is 0 Å². The van der Waals surface area contributed by atoms with Gasteiger partial charge in [0.2, 0.25) is 0 Å². The zero-order chi connectivity index (χ0) is 28.4. The third kappa shape index (κ3) is 5.47. The Morgan fingerprint density at radius 3 is 2.03 bits per heavy atom. The highest BCUT2D eigenvalue weighted by molar-refractivity contribution is 7.92. The van der Waals surface area contributed by atoms with Gasteiger partial charge in [-0.15, -0.1) is 0 Å². The normalized spacial score (nSPS) is 16.8. The molecule has 0 saturated heterocycles. The molecule has 0 fully saturated rings.